The van der Waals surface area contributed by atoms with Gasteiger partial charge in [-0.15, -0.1) is 0 Å². The minimum atomic E-state index is -0.399. The molecule has 0 saturated carbocycles. The van der Waals surface area contributed by atoms with Crippen LogP contribution in [0.25, 0.3) is 5.69 Å². The van der Waals surface area contributed by atoms with Gasteiger partial charge < -0.3 is 19.4 Å². The highest BCUT2D eigenvalue weighted by Crippen LogP contribution is 2.38. The smallest absolute Gasteiger partial charge is 0.277 e. The number of hydrogen-bond acceptors (Lipinski definition) is 6. The van der Waals surface area contributed by atoms with Crippen LogP contribution in [-0.2, 0) is 6.54 Å². The molecule has 0 saturated heterocycles. The lowest BCUT2D eigenvalue weighted by Gasteiger charge is -2.15. The molecule has 0 unspecified atom stereocenters. The summed E-state index contributed by atoms with van der Waals surface area (Å²) in [5.41, 5.74) is 2.69. The summed E-state index contributed by atoms with van der Waals surface area (Å²) in [7, 11) is 0. The van der Waals surface area contributed by atoms with Crippen LogP contribution in [0.4, 0.5) is 5.69 Å². The van der Waals surface area contributed by atoms with Gasteiger partial charge in [-0.25, -0.2) is 4.98 Å². The molecule has 8 nitrogen and oxygen atoms in total. The van der Waals surface area contributed by atoms with Crippen molar-refractivity contribution in [3.05, 3.63) is 76.4 Å². The number of rotatable bonds is 6. The second-order valence-corrected chi connectivity index (χ2v) is 6.26. The van der Waals surface area contributed by atoms with Crippen molar-refractivity contribution in [2.24, 2.45) is 0 Å². The van der Waals surface area contributed by atoms with E-state index in [0.717, 1.165) is 11.3 Å². The molecule has 1 aliphatic rings. The highest BCUT2D eigenvalue weighted by molar-refractivity contribution is 5.55. The molecule has 1 aromatic heterocycles. The largest absolute Gasteiger partial charge is 0.454 e. The first kappa shape index (κ1) is 17.0. The van der Waals surface area contributed by atoms with Gasteiger partial charge in [0.25, 0.3) is 5.69 Å². The molecule has 138 valence electrons. The van der Waals surface area contributed by atoms with Crippen molar-refractivity contribution in [3.8, 4) is 17.2 Å². The third-order valence-electron chi connectivity index (χ3n) is 4.56. The van der Waals surface area contributed by atoms with Gasteiger partial charge in [0.1, 0.15) is 0 Å². The second-order valence-electron chi connectivity index (χ2n) is 6.26. The van der Waals surface area contributed by atoms with Crippen molar-refractivity contribution in [1.82, 2.24) is 14.9 Å². The number of nitrogens with zero attached hydrogens (tertiary/aromatic N) is 3. The first-order valence-corrected chi connectivity index (χ1v) is 8.50. The van der Waals surface area contributed by atoms with Crippen molar-refractivity contribution in [2.75, 3.05) is 6.79 Å². The van der Waals surface area contributed by atoms with Gasteiger partial charge in [0, 0.05) is 36.2 Å². The highest BCUT2D eigenvalue weighted by atomic mass is 16.7. The van der Waals surface area contributed by atoms with Gasteiger partial charge in [0.2, 0.25) is 6.79 Å². The molecule has 1 aliphatic heterocycles. The number of nitro groups is 1. The Balaban J connectivity index is 1.48. The van der Waals surface area contributed by atoms with Crippen molar-refractivity contribution in [1.29, 1.82) is 0 Å². The van der Waals surface area contributed by atoms with E-state index >= 15 is 0 Å². The number of hydrogen-bond donors (Lipinski definition) is 1. The van der Waals surface area contributed by atoms with E-state index < -0.39 is 4.92 Å². The van der Waals surface area contributed by atoms with E-state index in [9.17, 15) is 10.1 Å². The molecule has 2 aromatic carbocycles. The lowest BCUT2D eigenvalue weighted by molar-refractivity contribution is -0.385. The first-order chi connectivity index (χ1) is 13.1. The molecule has 0 aliphatic carbocycles. The van der Waals surface area contributed by atoms with Gasteiger partial charge in [0.05, 0.1) is 17.3 Å². The number of benzene rings is 2. The zero-order valence-corrected chi connectivity index (χ0v) is 14.7. The summed E-state index contributed by atoms with van der Waals surface area (Å²) in [5.74, 6) is 0.948. The molecule has 3 aromatic rings. The Morgan fingerprint density at radius 1 is 1.26 bits per heavy atom. The topological polar surface area (TPSA) is 91.5 Å². The number of fused-ring (bicyclic) bond motifs is 1. The van der Waals surface area contributed by atoms with Crippen molar-refractivity contribution >= 4 is 5.69 Å². The fourth-order valence-corrected chi connectivity index (χ4v) is 3.01. The summed E-state index contributed by atoms with van der Waals surface area (Å²) in [5, 5.41) is 14.7. The van der Waals surface area contributed by atoms with Crippen molar-refractivity contribution < 1.29 is 14.4 Å². The SMILES string of the molecule is C[C@@H](NCc1cc2c(cc1[N+](=O)[O-])OCO2)c1ccc(-n2ccnc2)cc1. The van der Waals surface area contributed by atoms with Crippen LogP contribution < -0.4 is 14.8 Å². The zero-order valence-electron chi connectivity index (χ0n) is 14.7. The van der Waals surface area contributed by atoms with E-state index in [1.54, 1.807) is 18.6 Å². The van der Waals surface area contributed by atoms with Gasteiger partial charge in [0.15, 0.2) is 11.5 Å². The quantitative estimate of drug-likeness (QED) is 0.531. The number of aromatic nitrogens is 2. The van der Waals surface area contributed by atoms with Gasteiger partial charge in [-0.2, -0.15) is 0 Å². The molecular weight excluding hydrogens is 348 g/mol. The van der Waals surface area contributed by atoms with Crippen LogP contribution in [0.2, 0.25) is 0 Å². The van der Waals surface area contributed by atoms with Crippen LogP contribution in [0.5, 0.6) is 11.5 Å². The van der Waals surface area contributed by atoms with E-state index in [-0.39, 0.29) is 18.5 Å². The molecule has 0 spiro atoms. The summed E-state index contributed by atoms with van der Waals surface area (Å²) >= 11 is 0. The summed E-state index contributed by atoms with van der Waals surface area (Å²) < 4.78 is 12.5. The monoisotopic (exact) mass is 366 g/mol. The van der Waals surface area contributed by atoms with Gasteiger partial charge in [-0.05, 0) is 30.7 Å². The van der Waals surface area contributed by atoms with E-state index in [1.807, 2.05) is 42.0 Å². The minimum absolute atomic E-state index is 0.0202. The van der Waals surface area contributed by atoms with Gasteiger partial charge >= 0.3 is 0 Å². The maximum Gasteiger partial charge on any atom is 0.277 e. The Hall–Kier alpha value is -3.39. The molecule has 0 amide bonds. The fraction of sp³-hybridized carbons (Fsp3) is 0.211. The van der Waals surface area contributed by atoms with Crippen molar-refractivity contribution in [3.63, 3.8) is 0 Å². The predicted octanol–water partition coefficient (Wildman–Crippen LogP) is 3.36. The average molecular weight is 366 g/mol. The normalized spacial score (nSPS) is 13.5. The fourth-order valence-electron chi connectivity index (χ4n) is 3.01. The minimum Gasteiger partial charge on any atom is -0.454 e. The van der Waals surface area contributed by atoms with E-state index in [4.69, 9.17) is 9.47 Å². The number of nitro benzene ring substituents is 1. The summed E-state index contributed by atoms with van der Waals surface area (Å²) in [6.07, 6.45) is 5.36. The van der Waals surface area contributed by atoms with Crippen molar-refractivity contribution in [2.45, 2.75) is 19.5 Å². The van der Waals surface area contributed by atoms with E-state index in [0.29, 0.717) is 23.6 Å². The standard InChI is InChI=1S/C19H18N4O4/c1-13(14-2-4-16(5-3-14)22-7-6-20-11-22)21-10-15-8-18-19(27-12-26-18)9-17(15)23(24)25/h2-9,11,13,21H,10,12H2,1H3/t13-/m1/s1. The Morgan fingerprint density at radius 2 is 2.00 bits per heavy atom. The molecule has 27 heavy (non-hydrogen) atoms. The number of nitrogens with one attached hydrogen (secondary N) is 1. The van der Waals surface area contributed by atoms with Crippen LogP contribution in [-0.4, -0.2) is 21.3 Å². The maximum atomic E-state index is 11.4. The maximum absolute atomic E-state index is 11.4. The lowest BCUT2D eigenvalue weighted by atomic mass is 10.1. The highest BCUT2D eigenvalue weighted by Gasteiger charge is 2.23. The Labute approximate surface area is 155 Å². The van der Waals surface area contributed by atoms with E-state index in [1.165, 1.54) is 6.07 Å². The molecule has 4 rings (SSSR count). The molecule has 8 heteroatoms. The third-order valence-corrected chi connectivity index (χ3v) is 4.56. The van der Waals surface area contributed by atoms with Gasteiger partial charge in [-0.3, -0.25) is 10.1 Å². The predicted molar refractivity (Wildman–Crippen MR) is 98.0 cm³/mol. The first-order valence-electron chi connectivity index (χ1n) is 8.50. The van der Waals surface area contributed by atoms with Crippen LogP contribution in [0, 0.1) is 10.1 Å². The summed E-state index contributed by atoms with van der Waals surface area (Å²) in [4.78, 5) is 15.0. The molecule has 1 N–H and O–H groups in total. The molecule has 2 heterocycles. The molecule has 0 fully saturated rings. The Kier molecular flexibility index (Phi) is 4.47. The summed E-state index contributed by atoms with van der Waals surface area (Å²) in [6.45, 7) is 2.45. The molecular formula is C19H18N4O4. The van der Waals surface area contributed by atoms with Crippen LogP contribution >= 0.6 is 0 Å². The summed E-state index contributed by atoms with van der Waals surface area (Å²) in [6, 6.07) is 11.2. The second kappa shape index (κ2) is 7.08. The average Bonchev–Trinajstić information content (AvgIpc) is 3.36. The molecule has 0 bridgehead atoms. The lowest BCUT2D eigenvalue weighted by Crippen LogP contribution is -2.18. The zero-order chi connectivity index (χ0) is 18.8. The van der Waals surface area contributed by atoms with Crippen LogP contribution in [0.3, 0.4) is 0 Å². The molecule has 0 radical (unpaired) electrons. The van der Waals surface area contributed by atoms with Gasteiger partial charge in [-0.1, -0.05) is 12.1 Å². The Bertz CT molecular complexity index is 955. The van der Waals surface area contributed by atoms with E-state index in [2.05, 4.69) is 10.3 Å². The Morgan fingerprint density at radius 3 is 2.67 bits per heavy atom. The number of ether oxygens (including phenoxy) is 2. The number of imidazole rings is 1. The third kappa shape index (κ3) is 3.47. The van der Waals surface area contributed by atoms with Crippen LogP contribution in [0.15, 0.2) is 55.1 Å². The van der Waals surface area contributed by atoms with Crippen LogP contribution in [0.1, 0.15) is 24.1 Å². The molecule has 1 atom stereocenters.